The third-order valence-corrected chi connectivity index (χ3v) is 2.66. The zero-order valence-corrected chi connectivity index (χ0v) is 11.9. The number of nitrogens with two attached hydrogens (primary N) is 1. The molecule has 102 valence electrons. The first-order valence-electron chi connectivity index (χ1n) is 6.17. The Morgan fingerprint density at radius 3 is 2.44 bits per heavy atom. The summed E-state index contributed by atoms with van der Waals surface area (Å²) in [7, 11) is 0. The summed E-state index contributed by atoms with van der Waals surface area (Å²) in [5.74, 6) is 0.537. The van der Waals surface area contributed by atoms with Crippen molar-refractivity contribution in [2.75, 3.05) is 6.54 Å². The minimum absolute atomic E-state index is 0. The van der Waals surface area contributed by atoms with Crippen LogP contribution in [0.2, 0.25) is 0 Å². The number of nitrogens with one attached hydrogen (secondary N) is 1. The highest BCUT2D eigenvalue weighted by Gasteiger charge is 2.13. The van der Waals surface area contributed by atoms with Gasteiger partial charge in [0.2, 0.25) is 5.91 Å². The second kappa shape index (κ2) is 8.95. The lowest BCUT2D eigenvalue weighted by Gasteiger charge is -2.13. The van der Waals surface area contributed by atoms with E-state index in [2.05, 4.69) is 19.2 Å². The Hall–Kier alpha value is -1.06. The Morgan fingerprint density at radius 1 is 1.28 bits per heavy atom. The molecule has 18 heavy (non-hydrogen) atoms. The maximum atomic E-state index is 11.7. The van der Waals surface area contributed by atoms with Crippen molar-refractivity contribution in [3.05, 3.63) is 35.9 Å². The molecule has 3 nitrogen and oxygen atoms in total. The van der Waals surface area contributed by atoms with Crippen LogP contribution >= 0.6 is 12.4 Å². The Bertz CT molecular complexity index is 341. The van der Waals surface area contributed by atoms with Gasteiger partial charge in [0.25, 0.3) is 0 Å². The van der Waals surface area contributed by atoms with Gasteiger partial charge in [-0.1, -0.05) is 44.2 Å². The molecule has 0 aliphatic rings. The van der Waals surface area contributed by atoms with Crippen molar-refractivity contribution in [3.63, 3.8) is 0 Å². The molecule has 0 saturated heterocycles. The molecule has 1 rings (SSSR count). The molecule has 0 aromatic heterocycles. The average Bonchev–Trinajstić information content (AvgIpc) is 2.29. The smallest absolute Gasteiger partial charge is 0.237 e. The highest BCUT2D eigenvalue weighted by atomic mass is 35.5. The van der Waals surface area contributed by atoms with Gasteiger partial charge in [0.15, 0.2) is 0 Å². The van der Waals surface area contributed by atoms with Crippen LogP contribution < -0.4 is 11.1 Å². The lowest BCUT2D eigenvalue weighted by atomic mass is 10.1. The summed E-state index contributed by atoms with van der Waals surface area (Å²) in [6, 6.07) is 9.39. The Balaban J connectivity index is 0.00000289. The van der Waals surface area contributed by atoms with E-state index < -0.39 is 6.04 Å². The van der Waals surface area contributed by atoms with E-state index in [1.165, 1.54) is 0 Å². The number of hydrogen-bond donors (Lipinski definition) is 2. The van der Waals surface area contributed by atoms with Gasteiger partial charge in [0.1, 0.15) is 0 Å². The number of halogens is 1. The quantitative estimate of drug-likeness (QED) is 0.832. The lowest BCUT2D eigenvalue weighted by Crippen LogP contribution is -2.42. The van der Waals surface area contributed by atoms with Crippen molar-refractivity contribution < 1.29 is 4.79 Å². The third kappa shape index (κ3) is 6.62. The summed E-state index contributed by atoms with van der Waals surface area (Å²) in [6.07, 6.45) is 1.58. The maximum absolute atomic E-state index is 11.7. The van der Waals surface area contributed by atoms with E-state index in [9.17, 15) is 4.79 Å². The zero-order valence-electron chi connectivity index (χ0n) is 11.1. The van der Waals surface area contributed by atoms with Crippen molar-refractivity contribution in [2.45, 2.75) is 32.7 Å². The number of carbonyl (C=O) groups is 1. The summed E-state index contributed by atoms with van der Waals surface area (Å²) in [6.45, 7) is 4.98. The molecule has 0 aliphatic heterocycles. The topological polar surface area (TPSA) is 55.1 Å². The number of hydrogen-bond acceptors (Lipinski definition) is 2. The molecule has 0 fully saturated rings. The molecule has 1 aromatic rings. The number of carbonyl (C=O) groups excluding carboxylic acids is 1. The lowest BCUT2D eigenvalue weighted by molar-refractivity contribution is -0.122. The van der Waals surface area contributed by atoms with Gasteiger partial charge < -0.3 is 11.1 Å². The fraction of sp³-hybridized carbons (Fsp3) is 0.500. The summed E-state index contributed by atoms with van der Waals surface area (Å²) >= 11 is 0. The van der Waals surface area contributed by atoms with E-state index in [0.717, 1.165) is 12.0 Å². The molecule has 3 N–H and O–H groups in total. The van der Waals surface area contributed by atoms with E-state index in [4.69, 9.17) is 5.73 Å². The predicted octanol–water partition coefficient (Wildman–Crippen LogP) is 2.14. The van der Waals surface area contributed by atoms with Crippen molar-refractivity contribution >= 4 is 18.3 Å². The van der Waals surface area contributed by atoms with E-state index >= 15 is 0 Å². The van der Waals surface area contributed by atoms with Crippen LogP contribution in [0.4, 0.5) is 0 Å². The van der Waals surface area contributed by atoms with E-state index in [1.54, 1.807) is 0 Å². The Morgan fingerprint density at radius 2 is 1.89 bits per heavy atom. The van der Waals surface area contributed by atoms with Crippen LogP contribution in [-0.2, 0) is 11.2 Å². The molecule has 1 amide bonds. The first-order valence-corrected chi connectivity index (χ1v) is 6.17. The van der Waals surface area contributed by atoms with Gasteiger partial charge in [-0.2, -0.15) is 0 Å². The maximum Gasteiger partial charge on any atom is 0.237 e. The van der Waals surface area contributed by atoms with Crippen LogP contribution in [0.15, 0.2) is 30.3 Å². The molecule has 4 heteroatoms. The molecule has 0 aliphatic carbocycles. The number of rotatable bonds is 6. The number of benzene rings is 1. The molecular weight excluding hydrogens is 248 g/mol. The predicted molar refractivity (Wildman–Crippen MR) is 77.8 cm³/mol. The van der Waals surface area contributed by atoms with Crippen molar-refractivity contribution in [3.8, 4) is 0 Å². The van der Waals surface area contributed by atoms with Gasteiger partial charge in [0, 0.05) is 6.54 Å². The van der Waals surface area contributed by atoms with Crippen molar-refractivity contribution in [1.82, 2.24) is 5.32 Å². The van der Waals surface area contributed by atoms with Gasteiger partial charge in [-0.05, 0) is 24.3 Å². The second-order valence-corrected chi connectivity index (χ2v) is 4.77. The van der Waals surface area contributed by atoms with Crippen molar-refractivity contribution in [2.24, 2.45) is 11.7 Å². The molecule has 0 heterocycles. The van der Waals surface area contributed by atoms with Crippen LogP contribution in [0.25, 0.3) is 0 Å². The van der Waals surface area contributed by atoms with Crippen LogP contribution in [0.1, 0.15) is 25.8 Å². The van der Waals surface area contributed by atoms with Gasteiger partial charge in [0.05, 0.1) is 6.04 Å². The van der Waals surface area contributed by atoms with Crippen LogP contribution in [0, 0.1) is 5.92 Å². The molecular formula is C14H23ClN2O. The van der Waals surface area contributed by atoms with Gasteiger partial charge in [-0.15, -0.1) is 12.4 Å². The number of amides is 1. The van der Waals surface area contributed by atoms with Gasteiger partial charge in [-0.3, -0.25) is 4.79 Å². The molecule has 1 atom stereocenters. The van der Waals surface area contributed by atoms with Crippen LogP contribution in [0.3, 0.4) is 0 Å². The molecule has 1 aromatic carbocycles. The molecule has 0 saturated carbocycles. The Kier molecular flexibility index (Phi) is 8.42. The van der Waals surface area contributed by atoms with E-state index in [1.807, 2.05) is 30.3 Å². The van der Waals surface area contributed by atoms with Crippen LogP contribution in [0.5, 0.6) is 0 Å². The summed E-state index contributed by atoms with van der Waals surface area (Å²) in [4.78, 5) is 11.7. The minimum atomic E-state index is -0.454. The van der Waals surface area contributed by atoms with Crippen molar-refractivity contribution in [1.29, 1.82) is 0 Å². The minimum Gasteiger partial charge on any atom is -0.355 e. The monoisotopic (exact) mass is 270 g/mol. The SMILES string of the molecule is CC(C)CCNC(=O)[C@@H](N)Cc1ccccc1.Cl. The standard InChI is InChI=1S/C14H22N2O.ClH/c1-11(2)8-9-16-14(17)13(15)10-12-6-4-3-5-7-12;/h3-7,11,13H,8-10,15H2,1-2H3,(H,16,17);1H/t13-;/m0./s1. The van der Waals surface area contributed by atoms with Gasteiger partial charge >= 0.3 is 0 Å². The average molecular weight is 271 g/mol. The van der Waals surface area contributed by atoms with Crippen LogP contribution in [-0.4, -0.2) is 18.5 Å². The summed E-state index contributed by atoms with van der Waals surface area (Å²) < 4.78 is 0. The molecule has 0 radical (unpaired) electrons. The largest absolute Gasteiger partial charge is 0.355 e. The fourth-order valence-corrected chi connectivity index (χ4v) is 1.58. The first-order chi connectivity index (χ1) is 8.09. The second-order valence-electron chi connectivity index (χ2n) is 4.77. The highest BCUT2D eigenvalue weighted by Crippen LogP contribution is 2.02. The molecule has 0 spiro atoms. The summed E-state index contributed by atoms with van der Waals surface area (Å²) in [5.41, 5.74) is 6.95. The Labute approximate surface area is 116 Å². The van der Waals surface area contributed by atoms with Gasteiger partial charge in [-0.25, -0.2) is 0 Å². The first kappa shape index (κ1) is 16.9. The molecule has 0 unspecified atom stereocenters. The van der Waals surface area contributed by atoms with E-state index in [-0.39, 0.29) is 18.3 Å². The highest BCUT2D eigenvalue weighted by molar-refractivity contribution is 5.85. The molecule has 0 bridgehead atoms. The third-order valence-electron chi connectivity index (χ3n) is 2.66. The fourth-order valence-electron chi connectivity index (χ4n) is 1.58. The summed E-state index contributed by atoms with van der Waals surface area (Å²) in [5, 5.41) is 2.87. The van der Waals surface area contributed by atoms with E-state index in [0.29, 0.717) is 18.9 Å². The normalized spacial score (nSPS) is 11.8. The zero-order chi connectivity index (χ0) is 12.7.